The third kappa shape index (κ3) is 4.45. The summed E-state index contributed by atoms with van der Waals surface area (Å²) in [5.74, 6) is 4.42. The first-order chi connectivity index (χ1) is 9.90. The zero-order chi connectivity index (χ0) is 15.5. The SMILES string of the molecule is Cc1cccc(CC(NN)C2CCCC(C(F)(F)F)C2)c1. The van der Waals surface area contributed by atoms with E-state index in [4.69, 9.17) is 5.84 Å². The topological polar surface area (TPSA) is 38.0 Å². The maximum Gasteiger partial charge on any atom is 0.391 e. The number of hydrazine groups is 1. The van der Waals surface area contributed by atoms with E-state index in [1.165, 1.54) is 0 Å². The first-order valence-electron chi connectivity index (χ1n) is 7.48. The first-order valence-corrected chi connectivity index (χ1v) is 7.48. The molecule has 0 aliphatic heterocycles. The molecule has 1 aromatic carbocycles. The summed E-state index contributed by atoms with van der Waals surface area (Å²) in [7, 11) is 0. The highest BCUT2D eigenvalue weighted by atomic mass is 19.4. The van der Waals surface area contributed by atoms with Crippen molar-refractivity contribution in [3.63, 3.8) is 0 Å². The summed E-state index contributed by atoms with van der Waals surface area (Å²) in [5.41, 5.74) is 5.01. The molecule has 3 atom stereocenters. The molecule has 3 unspecified atom stereocenters. The van der Waals surface area contributed by atoms with E-state index >= 15 is 0 Å². The highest BCUT2D eigenvalue weighted by Gasteiger charge is 2.43. The second-order valence-corrected chi connectivity index (χ2v) is 6.13. The number of rotatable bonds is 4. The van der Waals surface area contributed by atoms with Gasteiger partial charge in [0.25, 0.3) is 0 Å². The molecule has 5 heteroatoms. The highest BCUT2D eigenvalue weighted by Crippen LogP contribution is 2.41. The van der Waals surface area contributed by atoms with Crippen molar-refractivity contribution >= 4 is 0 Å². The fraction of sp³-hybridized carbons (Fsp3) is 0.625. The molecule has 1 aromatic rings. The Bertz CT molecular complexity index is 459. The van der Waals surface area contributed by atoms with Crippen LogP contribution in [0, 0.1) is 18.8 Å². The van der Waals surface area contributed by atoms with Crippen LogP contribution in [0.3, 0.4) is 0 Å². The highest BCUT2D eigenvalue weighted by molar-refractivity contribution is 5.23. The van der Waals surface area contributed by atoms with Gasteiger partial charge in [-0.3, -0.25) is 11.3 Å². The molecule has 0 spiro atoms. The van der Waals surface area contributed by atoms with Crippen LogP contribution in [0.15, 0.2) is 24.3 Å². The van der Waals surface area contributed by atoms with Gasteiger partial charge < -0.3 is 0 Å². The molecule has 2 nitrogen and oxygen atoms in total. The quantitative estimate of drug-likeness (QED) is 0.656. The smallest absolute Gasteiger partial charge is 0.271 e. The molecule has 0 radical (unpaired) electrons. The van der Waals surface area contributed by atoms with Crippen LogP contribution in [-0.2, 0) is 6.42 Å². The lowest BCUT2D eigenvalue weighted by Crippen LogP contribution is -2.45. The summed E-state index contributed by atoms with van der Waals surface area (Å²) >= 11 is 0. The average Bonchev–Trinajstić information content (AvgIpc) is 2.44. The van der Waals surface area contributed by atoms with Gasteiger partial charge in [-0.25, -0.2) is 0 Å². The van der Waals surface area contributed by atoms with Crippen molar-refractivity contribution in [3.8, 4) is 0 Å². The van der Waals surface area contributed by atoms with E-state index in [2.05, 4.69) is 11.5 Å². The predicted octanol–water partition coefficient (Wildman–Crippen LogP) is 3.74. The second-order valence-electron chi connectivity index (χ2n) is 6.13. The molecule has 118 valence electrons. The third-order valence-electron chi connectivity index (χ3n) is 4.50. The number of alkyl halides is 3. The number of nitrogens with two attached hydrogens (primary N) is 1. The van der Waals surface area contributed by atoms with Gasteiger partial charge in [0, 0.05) is 6.04 Å². The molecule has 1 saturated carbocycles. The van der Waals surface area contributed by atoms with Gasteiger partial charge in [-0.05, 0) is 44.1 Å². The normalized spacial score (nSPS) is 24.8. The fourth-order valence-electron chi connectivity index (χ4n) is 3.35. The van der Waals surface area contributed by atoms with E-state index < -0.39 is 12.1 Å². The van der Waals surface area contributed by atoms with Crippen LogP contribution in [0.1, 0.15) is 36.8 Å². The van der Waals surface area contributed by atoms with Crippen molar-refractivity contribution in [1.82, 2.24) is 5.43 Å². The zero-order valence-corrected chi connectivity index (χ0v) is 12.3. The van der Waals surface area contributed by atoms with Crippen molar-refractivity contribution in [3.05, 3.63) is 35.4 Å². The minimum atomic E-state index is -4.08. The lowest BCUT2D eigenvalue weighted by atomic mass is 9.76. The summed E-state index contributed by atoms with van der Waals surface area (Å²) in [5, 5.41) is 0. The Labute approximate surface area is 123 Å². The van der Waals surface area contributed by atoms with Gasteiger partial charge in [-0.1, -0.05) is 36.2 Å². The standard InChI is InChI=1S/C16H23F3N2/c1-11-4-2-5-12(8-11)9-15(21-20)13-6-3-7-14(10-13)16(17,18)19/h2,4-5,8,13-15,21H,3,6-7,9-10,20H2,1H3. The van der Waals surface area contributed by atoms with Crippen molar-refractivity contribution in [2.45, 2.75) is 51.2 Å². The Morgan fingerprint density at radius 1 is 1.33 bits per heavy atom. The van der Waals surface area contributed by atoms with Crippen LogP contribution in [0.4, 0.5) is 13.2 Å². The lowest BCUT2D eigenvalue weighted by molar-refractivity contribution is -0.186. The number of aryl methyl sites for hydroxylation is 1. The largest absolute Gasteiger partial charge is 0.391 e. The predicted molar refractivity (Wildman–Crippen MR) is 77.5 cm³/mol. The zero-order valence-electron chi connectivity index (χ0n) is 12.3. The minimum absolute atomic E-state index is 0.0177. The van der Waals surface area contributed by atoms with Crippen molar-refractivity contribution < 1.29 is 13.2 Å². The monoisotopic (exact) mass is 300 g/mol. The molecule has 2 rings (SSSR count). The van der Waals surface area contributed by atoms with Gasteiger partial charge >= 0.3 is 6.18 Å². The molecule has 0 aromatic heterocycles. The molecule has 0 bridgehead atoms. The van der Waals surface area contributed by atoms with Crippen molar-refractivity contribution in [2.75, 3.05) is 0 Å². The average molecular weight is 300 g/mol. The molecule has 21 heavy (non-hydrogen) atoms. The summed E-state index contributed by atoms with van der Waals surface area (Å²) in [4.78, 5) is 0. The van der Waals surface area contributed by atoms with Crippen LogP contribution in [-0.4, -0.2) is 12.2 Å². The number of halogens is 3. The van der Waals surface area contributed by atoms with E-state index in [1.54, 1.807) is 0 Å². The lowest BCUT2D eigenvalue weighted by Gasteiger charge is -2.35. The number of benzene rings is 1. The Morgan fingerprint density at radius 3 is 2.71 bits per heavy atom. The summed E-state index contributed by atoms with van der Waals surface area (Å²) in [6, 6.07) is 7.94. The van der Waals surface area contributed by atoms with Crippen LogP contribution in [0.25, 0.3) is 0 Å². The molecule has 1 aliphatic carbocycles. The van der Waals surface area contributed by atoms with Gasteiger partial charge in [-0.15, -0.1) is 0 Å². The van der Waals surface area contributed by atoms with E-state index in [1.807, 2.05) is 25.1 Å². The number of hydrogen-bond donors (Lipinski definition) is 2. The van der Waals surface area contributed by atoms with Crippen LogP contribution >= 0.6 is 0 Å². The van der Waals surface area contributed by atoms with Gasteiger partial charge in [0.1, 0.15) is 0 Å². The molecule has 1 aliphatic rings. The second kappa shape index (κ2) is 6.79. The Kier molecular flexibility index (Phi) is 5.27. The molecular weight excluding hydrogens is 277 g/mol. The van der Waals surface area contributed by atoms with Gasteiger partial charge in [0.2, 0.25) is 0 Å². The Morgan fingerprint density at radius 2 is 2.10 bits per heavy atom. The van der Waals surface area contributed by atoms with Crippen LogP contribution in [0.5, 0.6) is 0 Å². The minimum Gasteiger partial charge on any atom is -0.271 e. The van der Waals surface area contributed by atoms with Gasteiger partial charge in [0.05, 0.1) is 5.92 Å². The Balaban J connectivity index is 2.03. The Hall–Kier alpha value is -1.07. The number of nitrogens with one attached hydrogen (secondary N) is 1. The fourth-order valence-corrected chi connectivity index (χ4v) is 3.35. The summed E-state index contributed by atoms with van der Waals surface area (Å²) < 4.78 is 38.7. The van der Waals surface area contributed by atoms with E-state index in [-0.39, 0.29) is 24.8 Å². The summed E-state index contributed by atoms with van der Waals surface area (Å²) in [6.07, 6.45) is -1.53. The molecular formula is C16H23F3N2. The van der Waals surface area contributed by atoms with Crippen LogP contribution in [0.2, 0.25) is 0 Å². The van der Waals surface area contributed by atoms with E-state index in [0.717, 1.165) is 17.5 Å². The van der Waals surface area contributed by atoms with Crippen LogP contribution < -0.4 is 11.3 Å². The maximum absolute atomic E-state index is 12.9. The van der Waals surface area contributed by atoms with Crippen molar-refractivity contribution in [2.24, 2.45) is 17.7 Å². The molecule has 0 amide bonds. The molecule has 1 fully saturated rings. The van der Waals surface area contributed by atoms with E-state index in [9.17, 15) is 13.2 Å². The van der Waals surface area contributed by atoms with E-state index in [0.29, 0.717) is 12.8 Å². The van der Waals surface area contributed by atoms with Gasteiger partial charge in [0.15, 0.2) is 0 Å². The molecule has 0 heterocycles. The molecule has 0 saturated heterocycles. The number of hydrogen-bond acceptors (Lipinski definition) is 2. The maximum atomic E-state index is 12.9. The third-order valence-corrected chi connectivity index (χ3v) is 4.50. The summed E-state index contributed by atoms with van der Waals surface area (Å²) in [6.45, 7) is 2.01. The van der Waals surface area contributed by atoms with Gasteiger partial charge in [-0.2, -0.15) is 13.2 Å². The van der Waals surface area contributed by atoms with Crippen molar-refractivity contribution in [1.29, 1.82) is 0 Å². The first kappa shape index (κ1) is 16.3. The molecule has 3 N–H and O–H groups in total.